The van der Waals surface area contributed by atoms with Crippen molar-refractivity contribution in [2.75, 3.05) is 5.32 Å². The van der Waals surface area contributed by atoms with Gasteiger partial charge in [-0.1, -0.05) is 32.0 Å². The van der Waals surface area contributed by atoms with Gasteiger partial charge in [0.1, 0.15) is 0 Å². The summed E-state index contributed by atoms with van der Waals surface area (Å²) in [4.78, 5) is 0. The van der Waals surface area contributed by atoms with E-state index >= 15 is 0 Å². The molecule has 1 heteroatoms. The summed E-state index contributed by atoms with van der Waals surface area (Å²) >= 11 is 0. The molecule has 1 heterocycles. The van der Waals surface area contributed by atoms with E-state index in [4.69, 9.17) is 0 Å². The molecule has 2 rings (SSSR count). The minimum Gasteiger partial charge on any atom is -0.382 e. The summed E-state index contributed by atoms with van der Waals surface area (Å²) in [5.41, 5.74) is 2.81. The highest BCUT2D eigenvalue weighted by molar-refractivity contribution is 5.54. The zero-order valence-electron chi connectivity index (χ0n) is 8.38. The van der Waals surface area contributed by atoms with Crippen LogP contribution in [0.3, 0.4) is 0 Å². The van der Waals surface area contributed by atoms with Crippen LogP contribution >= 0.6 is 0 Å². The molecule has 13 heavy (non-hydrogen) atoms. The molecule has 1 aliphatic rings. The lowest BCUT2D eigenvalue weighted by Gasteiger charge is -2.31. The van der Waals surface area contributed by atoms with Crippen LogP contribution in [0.15, 0.2) is 24.3 Å². The molecule has 0 amide bonds. The second kappa shape index (κ2) is 3.41. The largest absolute Gasteiger partial charge is 0.382 e. The average Bonchev–Trinajstić information content (AvgIpc) is 2.17. The van der Waals surface area contributed by atoms with Crippen LogP contribution in [0.4, 0.5) is 5.69 Å². The van der Waals surface area contributed by atoms with Crippen LogP contribution in [-0.2, 0) is 6.42 Å². The first-order valence-corrected chi connectivity index (χ1v) is 5.15. The van der Waals surface area contributed by atoms with Crippen molar-refractivity contribution in [1.29, 1.82) is 0 Å². The first-order chi connectivity index (χ1) is 6.31. The van der Waals surface area contributed by atoms with Crippen LogP contribution in [0.1, 0.15) is 25.8 Å². The van der Waals surface area contributed by atoms with Gasteiger partial charge in [0.05, 0.1) is 0 Å². The molecule has 0 fully saturated rings. The van der Waals surface area contributed by atoms with Crippen molar-refractivity contribution in [3.8, 4) is 0 Å². The maximum atomic E-state index is 3.60. The lowest BCUT2D eigenvalue weighted by Crippen LogP contribution is -2.32. The lowest BCUT2D eigenvalue weighted by atomic mass is 9.87. The van der Waals surface area contributed by atoms with Crippen molar-refractivity contribution in [3.05, 3.63) is 29.8 Å². The van der Waals surface area contributed by atoms with E-state index in [2.05, 4.69) is 43.4 Å². The maximum Gasteiger partial charge on any atom is 0.0375 e. The highest BCUT2D eigenvalue weighted by Crippen LogP contribution is 2.28. The second-order valence-electron chi connectivity index (χ2n) is 4.00. The Morgan fingerprint density at radius 1 is 1.38 bits per heavy atom. The minimum atomic E-state index is 0.662. The smallest absolute Gasteiger partial charge is 0.0375 e. The molecule has 1 N–H and O–H groups in total. The molecule has 0 unspecified atom stereocenters. The Bertz CT molecular complexity index is 293. The van der Waals surface area contributed by atoms with Gasteiger partial charge in [0, 0.05) is 11.7 Å². The molecule has 70 valence electrons. The third-order valence-corrected chi connectivity index (χ3v) is 3.03. The van der Waals surface area contributed by atoms with Gasteiger partial charge in [-0.05, 0) is 30.4 Å². The van der Waals surface area contributed by atoms with Gasteiger partial charge in [0.15, 0.2) is 0 Å². The lowest BCUT2D eigenvalue weighted by molar-refractivity contribution is 0.454. The Kier molecular flexibility index (Phi) is 2.26. The zero-order chi connectivity index (χ0) is 9.26. The number of rotatable bonds is 1. The molecule has 1 aromatic carbocycles. The van der Waals surface area contributed by atoms with Crippen LogP contribution in [-0.4, -0.2) is 6.04 Å². The van der Waals surface area contributed by atoms with Crippen molar-refractivity contribution in [2.24, 2.45) is 5.92 Å². The van der Waals surface area contributed by atoms with E-state index < -0.39 is 0 Å². The number of anilines is 1. The predicted molar refractivity (Wildman–Crippen MR) is 57.0 cm³/mol. The van der Waals surface area contributed by atoms with Crippen molar-refractivity contribution >= 4 is 5.69 Å². The van der Waals surface area contributed by atoms with E-state index in [1.165, 1.54) is 24.1 Å². The van der Waals surface area contributed by atoms with Crippen molar-refractivity contribution in [3.63, 3.8) is 0 Å². The summed E-state index contributed by atoms with van der Waals surface area (Å²) in [6.07, 6.45) is 2.44. The van der Waals surface area contributed by atoms with Crippen molar-refractivity contribution < 1.29 is 0 Å². The number of hydrogen-bond acceptors (Lipinski definition) is 1. The normalized spacial score (nSPS) is 26.3. The van der Waals surface area contributed by atoms with E-state index in [1.54, 1.807) is 0 Å². The summed E-state index contributed by atoms with van der Waals surface area (Å²) in [6.45, 7) is 4.58. The number of fused-ring (bicyclic) bond motifs is 1. The fourth-order valence-corrected chi connectivity index (χ4v) is 2.17. The molecule has 0 saturated heterocycles. The van der Waals surface area contributed by atoms with Gasteiger partial charge in [-0.2, -0.15) is 0 Å². The number of hydrogen-bond donors (Lipinski definition) is 1. The number of benzene rings is 1. The molecule has 1 aliphatic heterocycles. The molecular weight excluding hydrogens is 158 g/mol. The van der Waals surface area contributed by atoms with Gasteiger partial charge in [-0.3, -0.25) is 0 Å². The van der Waals surface area contributed by atoms with Gasteiger partial charge >= 0.3 is 0 Å². The summed E-state index contributed by atoms with van der Waals surface area (Å²) < 4.78 is 0. The van der Waals surface area contributed by atoms with E-state index in [-0.39, 0.29) is 0 Å². The standard InChI is InChI=1S/C12H17N/c1-3-11-9(2)8-10-6-4-5-7-12(10)13-11/h4-7,9,11,13H,3,8H2,1-2H3/t9-,11+/m1/s1. The summed E-state index contributed by atoms with van der Waals surface area (Å²) in [5.74, 6) is 0.764. The average molecular weight is 175 g/mol. The van der Waals surface area contributed by atoms with Crippen LogP contribution < -0.4 is 5.32 Å². The Morgan fingerprint density at radius 3 is 2.92 bits per heavy atom. The first kappa shape index (κ1) is 8.61. The molecule has 2 atom stereocenters. The third-order valence-electron chi connectivity index (χ3n) is 3.03. The molecule has 0 bridgehead atoms. The summed E-state index contributed by atoms with van der Waals surface area (Å²) in [7, 11) is 0. The van der Waals surface area contributed by atoms with Crippen LogP contribution in [0.25, 0.3) is 0 Å². The number of para-hydroxylation sites is 1. The molecule has 0 radical (unpaired) electrons. The molecule has 0 saturated carbocycles. The van der Waals surface area contributed by atoms with Crippen molar-refractivity contribution in [2.45, 2.75) is 32.7 Å². The van der Waals surface area contributed by atoms with Crippen LogP contribution in [0.5, 0.6) is 0 Å². The van der Waals surface area contributed by atoms with Gasteiger partial charge < -0.3 is 5.32 Å². The first-order valence-electron chi connectivity index (χ1n) is 5.15. The highest BCUT2D eigenvalue weighted by atomic mass is 14.9. The van der Waals surface area contributed by atoms with E-state index in [9.17, 15) is 0 Å². The Balaban J connectivity index is 2.27. The van der Waals surface area contributed by atoms with Gasteiger partial charge in [0.25, 0.3) is 0 Å². The second-order valence-corrected chi connectivity index (χ2v) is 4.00. The quantitative estimate of drug-likeness (QED) is 0.691. The molecule has 0 aliphatic carbocycles. The Hall–Kier alpha value is -0.980. The monoisotopic (exact) mass is 175 g/mol. The van der Waals surface area contributed by atoms with E-state index in [1.807, 2.05) is 0 Å². The Morgan fingerprint density at radius 2 is 2.15 bits per heavy atom. The SMILES string of the molecule is CC[C@@H]1Nc2ccccc2C[C@H]1C. The Labute approximate surface area is 80.2 Å². The molecule has 1 nitrogen and oxygen atoms in total. The van der Waals surface area contributed by atoms with Crippen LogP contribution in [0, 0.1) is 5.92 Å². The van der Waals surface area contributed by atoms with Crippen LogP contribution in [0.2, 0.25) is 0 Å². The molecular formula is C12H17N. The molecule has 0 aromatic heterocycles. The summed E-state index contributed by atoms with van der Waals surface area (Å²) in [5, 5.41) is 3.60. The minimum absolute atomic E-state index is 0.662. The maximum absolute atomic E-state index is 3.60. The number of nitrogens with one attached hydrogen (secondary N) is 1. The molecule has 0 spiro atoms. The zero-order valence-corrected chi connectivity index (χ0v) is 8.38. The summed E-state index contributed by atoms with van der Waals surface area (Å²) in [6, 6.07) is 9.30. The van der Waals surface area contributed by atoms with Crippen molar-refractivity contribution in [1.82, 2.24) is 0 Å². The topological polar surface area (TPSA) is 12.0 Å². The highest BCUT2D eigenvalue weighted by Gasteiger charge is 2.22. The third kappa shape index (κ3) is 1.55. The fraction of sp³-hybridized carbons (Fsp3) is 0.500. The fourth-order valence-electron chi connectivity index (χ4n) is 2.17. The van der Waals surface area contributed by atoms with E-state index in [0.29, 0.717) is 6.04 Å². The predicted octanol–water partition coefficient (Wildman–Crippen LogP) is 3.07. The van der Waals surface area contributed by atoms with Gasteiger partial charge in [-0.25, -0.2) is 0 Å². The van der Waals surface area contributed by atoms with Gasteiger partial charge in [-0.15, -0.1) is 0 Å². The van der Waals surface area contributed by atoms with E-state index in [0.717, 1.165) is 5.92 Å². The van der Waals surface area contributed by atoms with Gasteiger partial charge in [0.2, 0.25) is 0 Å². The molecule has 1 aromatic rings.